The number of halogens is 2. The van der Waals surface area contributed by atoms with Crippen LogP contribution < -0.4 is 4.74 Å². The molecule has 2 aromatic rings. The van der Waals surface area contributed by atoms with Gasteiger partial charge in [0.05, 0.1) is 5.02 Å². The van der Waals surface area contributed by atoms with Crippen LogP contribution in [0.1, 0.15) is 11.1 Å². The van der Waals surface area contributed by atoms with Gasteiger partial charge in [0.25, 0.3) is 5.91 Å². The summed E-state index contributed by atoms with van der Waals surface area (Å²) >= 11 is 11.8. The maximum atomic E-state index is 12.3. The Morgan fingerprint density at radius 3 is 2.58 bits per heavy atom. The molecule has 0 radical (unpaired) electrons. The fraction of sp³-hybridized carbons (Fsp3) is 0.263. The first kappa shape index (κ1) is 18.5. The average molecular weight is 394 g/mol. The third-order valence-corrected chi connectivity index (χ3v) is 4.61. The predicted octanol–water partition coefficient (Wildman–Crippen LogP) is 3.50. The zero-order valence-electron chi connectivity index (χ0n) is 13.9. The van der Waals surface area contributed by atoms with Crippen LogP contribution in [0.5, 0.6) is 5.75 Å². The van der Waals surface area contributed by atoms with Gasteiger partial charge in [-0.05, 0) is 35.7 Å². The van der Waals surface area contributed by atoms with E-state index in [2.05, 4.69) is 6.07 Å². The standard InChI is InChI=1S/C19H17Cl2NO4/c20-15-5-6-17(16(21)9-15)25-12-19(24)26-11-18(23)22-8-7-13-3-1-2-4-14(13)10-22/h1-6,9H,7-8,10-12H2. The van der Waals surface area contributed by atoms with E-state index in [1.165, 1.54) is 11.6 Å². The lowest BCUT2D eigenvalue weighted by molar-refractivity contribution is -0.154. The summed E-state index contributed by atoms with van der Waals surface area (Å²) in [7, 11) is 0. The molecule has 3 rings (SSSR count). The lowest BCUT2D eigenvalue weighted by atomic mass is 10.00. The number of fused-ring (bicyclic) bond motifs is 1. The van der Waals surface area contributed by atoms with Gasteiger partial charge in [-0.2, -0.15) is 0 Å². The Bertz CT molecular complexity index is 825. The minimum atomic E-state index is -0.637. The predicted molar refractivity (Wildman–Crippen MR) is 98.5 cm³/mol. The van der Waals surface area contributed by atoms with Gasteiger partial charge < -0.3 is 14.4 Å². The lowest BCUT2D eigenvalue weighted by Gasteiger charge is -2.28. The highest BCUT2D eigenvalue weighted by atomic mass is 35.5. The highest BCUT2D eigenvalue weighted by molar-refractivity contribution is 6.35. The third kappa shape index (κ3) is 4.68. The van der Waals surface area contributed by atoms with E-state index in [0.29, 0.717) is 28.9 Å². The Labute approximate surface area is 161 Å². The summed E-state index contributed by atoms with van der Waals surface area (Å²) in [5.41, 5.74) is 2.38. The monoisotopic (exact) mass is 393 g/mol. The van der Waals surface area contributed by atoms with Crippen LogP contribution in [0.3, 0.4) is 0 Å². The maximum absolute atomic E-state index is 12.3. The molecule has 136 valence electrons. The van der Waals surface area contributed by atoms with E-state index in [0.717, 1.165) is 12.0 Å². The van der Waals surface area contributed by atoms with Gasteiger partial charge in [0.15, 0.2) is 13.2 Å². The molecule has 0 unspecified atom stereocenters. The highest BCUT2D eigenvalue weighted by Gasteiger charge is 2.21. The molecule has 0 saturated heterocycles. The molecule has 1 aliphatic heterocycles. The fourth-order valence-electron chi connectivity index (χ4n) is 2.71. The van der Waals surface area contributed by atoms with Gasteiger partial charge >= 0.3 is 5.97 Å². The minimum absolute atomic E-state index is 0.225. The lowest BCUT2D eigenvalue weighted by Crippen LogP contribution is -2.38. The van der Waals surface area contributed by atoms with Crippen LogP contribution >= 0.6 is 23.2 Å². The van der Waals surface area contributed by atoms with E-state index in [-0.39, 0.29) is 19.1 Å². The molecule has 2 aromatic carbocycles. The smallest absolute Gasteiger partial charge is 0.344 e. The molecule has 0 aromatic heterocycles. The molecule has 0 spiro atoms. The summed E-state index contributed by atoms with van der Waals surface area (Å²) < 4.78 is 10.3. The second-order valence-corrected chi connectivity index (χ2v) is 6.70. The molecule has 0 bridgehead atoms. The summed E-state index contributed by atoms with van der Waals surface area (Å²) in [4.78, 5) is 25.7. The van der Waals surface area contributed by atoms with E-state index in [1.54, 1.807) is 17.0 Å². The van der Waals surface area contributed by atoms with Crippen LogP contribution in [0.2, 0.25) is 10.0 Å². The van der Waals surface area contributed by atoms with Crippen LogP contribution in [0, 0.1) is 0 Å². The summed E-state index contributed by atoms with van der Waals surface area (Å²) in [5, 5.41) is 0.770. The van der Waals surface area contributed by atoms with Crippen LogP contribution in [-0.2, 0) is 27.3 Å². The third-order valence-electron chi connectivity index (χ3n) is 4.08. The highest BCUT2D eigenvalue weighted by Crippen LogP contribution is 2.27. The minimum Gasteiger partial charge on any atom is -0.480 e. The normalized spacial score (nSPS) is 13.1. The van der Waals surface area contributed by atoms with Gasteiger partial charge in [-0.15, -0.1) is 0 Å². The van der Waals surface area contributed by atoms with Gasteiger partial charge in [-0.25, -0.2) is 4.79 Å². The molecule has 0 aliphatic carbocycles. The van der Waals surface area contributed by atoms with Crippen LogP contribution in [0.4, 0.5) is 0 Å². The average Bonchev–Trinajstić information content (AvgIpc) is 2.65. The van der Waals surface area contributed by atoms with E-state index in [1.807, 2.05) is 18.2 Å². The summed E-state index contributed by atoms with van der Waals surface area (Å²) in [6, 6.07) is 12.7. The van der Waals surface area contributed by atoms with Crippen molar-refractivity contribution >= 4 is 35.1 Å². The van der Waals surface area contributed by atoms with Gasteiger partial charge in [0.2, 0.25) is 0 Å². The number of hydrogen-bond donors (Lipinski definition) is 0. The number of carbonyl (C=O) groups excluding carboxylic acids is 2. The number of esters is 1. The van der Waals surface area contributed by atoms with Gasteiger partial charge in [-0.3, -0.25) is 4.79 Å². The number of hydrogen-bond acceptors (Lipinski definition) is 4. The Morgan fingerprint density at radius 2 is 1.81 bits per heavy atom. The van der Waals surface area contributed by atoms with Crippen LogP contribution in [0.15, 0.2) is 42.5 Å². The first-order valence-corrected chi connectivity index (χ1v) is 8.86. The van der Waals surface area contributed by atoms with Crippen molar-refractivity contribution in [3.05, 3.63) is 63.6 Å². The molecule has 0 fully saturated rings. The van der Waals surface area contributed by atoms with E-state index >= 15 is 0 Å². The second-order valence-electron chi connectivity index (χ2n) is 5.86. The number of ether oxygens (including phenoxy) is 2. The largest absolute Gasteiger partial charge is 0.480 e. The van der Waals surface area contributed by atoms with Gasteiger partial charge in [0.1, 0.15) is 5.75 Å². The van der Waals surface area contributed by atoms with Crippen LogP contribution in [-0.4, -0.2) is 36.5 Å². The van der Waals surface area contributed by atoms with Crippen molar-refractivity contribution < 1.29 is 19.1 Å². The molecule has 7 heteroatoms. The van der Waals surface area contributed by atoms with Crippen molar-refractivity contribution in [1.82, 2.24) is 4.90 Å². The van der Waals surface area contributed by atoms with Crippen molar-refractivity contribution in [1.29, 1.82) is 0 Å². The van der Waals surface area contributed by atoms with Gasteiger partial charge in [-0.1, -0.05) is 47.5 Å². The first-order valence-electron chi connectivity index (χ1n) is 8.11. The van der Waals surface area contributed by atoms with Crippen molar-refractivity contribution in [2.75, 3.05) is 19.8 Å². The molecule has 0 N–H and O–H groups in total. The first-order chi connectivity index (χ1) is 12.5. The van der Waals surface area contributed by atoms with Gasteiger partial charge in [0, 0.05) is 18.1 Å². The summed E-state index contributed by atoms with van der Waals surface area (Å²) in [6.07, 6.45) is 0.800. The van der Waals surface area contributed by atoms with E-state index < -0.39 is 5.97 Å². The van der Waals surface area contributed by atoms with E-state index in [4.69, 9.17) is 32.7 Å². The molecule has 1 amide bonds. The zero-order valence-corrected chi connectivity index (χ0v) is 15.4. The molecule has 0 saturated carbocycles. The van der Waals surface area contributed by atoms with Crippen molar-refractivity contribution in [3.63, 3.8) is 0 Å². The quantitative estimate of drug-likeness (QED) is 0.729. The Hall–Kier alpha value is -2.24. The fourth-order valence-corrected chi connectivity index (χ4v) is 3.18. The number of carbonyl (C=O) groups is 2. The molecule has 1 aliphatic rings. The molecular weight excluding hydrogens is 377 g/mol. The van der Waals surface area contributed by atoms with Crippen molar-refractivity contribution in [2.45, 2.75) is 13.0 Å². The Balaban J connectivity index is 1.45. The second kappa shape index (κ2) is 8.43. The number of benzene rings is 2. The maximum Gasteiger partial charge on any atom is 0.344 e. The Kier molecular flexibility index (Phi) is 6.01. The number of nitrogens with zero attached hydrogens (tertiary/aromatic N) is 1. The molecular formula is C19H17Cl2NO4. The Morgan fingerprint density at radius 1 is 1.04 bits per heavy atom. The summed E-state index contributed by atoms with van der Waals surface area (Å²) in [5.74, 6) is -0.536. The zero-order chi connectivity index (χ0) is 18.5. The molecule has 0 atom stereocenters. The number of amides is 1. The molecule has 26 heavy (non-hydrogen) atoms. The van der Waals surface area contributed by atoms with Crippen molar-refractivity contribution in [2.24, 2.45) is 0 Å². The molecule has 5 nitrogen and oxygen atoms in total. The van der Waals surface area contributed by atoms with E-state index in [9.17, 15) is 9.59 Å². The van der Waals surface area contributed by atoms with Crippen LogP contribution in [0.25, 0.3) is 0 Å². The SMILES string of the molecule is O=C(COc1ccc(Cl)cc1Cl)OCC(=O)N1CCc2ccccc2C1. The topological polar surface area (TPSA) is 55.8 Å². The number of rotatable bonds is 5. The molecule has 1 heterocycles. The summed E-state index contributed by atoms with van der Waals surface area (Å²) in [6.45, 7) is 0.504. The van der Waals surface area contributed by atoms with Crippen molar-refractivity contribution in [3.8, 4) is 5.75 Å².